The molecule has 0 saturated carbocycles. The standard InChI is InChI=1S/C18H18O4/c1-12-2-5-14(6-3-12)15(18(19)20)10-13-4-7-16-17(11-13)22-9-8-21-16/h2-7,11,15H,8-10H2,1H3,(H,19,20). The molecule has 114 valence electrons. The average Bonchev–Trinajstić information content (AvgIpc) is 2.53. The fourth-order valence-electron chi connectivity index (χ4n) is 2.60. The van der Waals surface area contributed by atoms with E-state index in [1.165, 1.54) is 0 Å². The number of hydrogen-bond acceptors (Lipinski definition) is 3. The smallest absolute Gasteiger partial charge is 0.311 e. The first-order valence-electron chi connectivity index (χ1n) is 7.31. The van der Waals surface area contributed by atoms with Gasteiger partial charge < -0.3 is 14.6 Å². The molecule has 1 aliphatic rings. The maximum Gasteiger partial charge on any atom is 0.311 e. The van der Waals surface area contributed by atoms with Gasteiger partial charge in [-0.3, -0.25) is 4.79 Å². The predicted molar refractivity (Wildman–Crippen MR) is 82.7 cm³/mol. The van der Waals surface area contributed by atoms with E-state index in [4.69, 9.17) is 9.47 Å². The van der Waals surface area contributed by atoms with Crippen LogP contribution in [0, 0.1) is 6.92 Å². The summed E-state index contributed by atoms with van der Waals surface area (Å²) in [6, 6.07) is 13.3. The average molecular weight is 298 g/mol. The number of aliphatic carboxylic acids is 1. The van der Waals surface area contributed by atoms with Gasteiger partial charge in [0.05, 0.1) is 5.92 Å². The Morgan fingerprint density at radius 2 is 1.77 bits per heavy atom. The maximum absolute atomic E-state index is 11.6. The summed E-state index contributed by atoms with van der Waals surface area (Å²) in [7, 11) is 0. The minimum atomic E-state index is -0.821. The Morgan fingerprint density at radius 1 is 1.09 bits per heavy atom. The van der Waals surface area contributed by atoms with Gasteiger partial charge in [-0.1, -0.05) is 35.9 Å². The van der Waals surface area contributed by atoms with Crippen LogP contribution < -0.4 is 9.47 Å². The Labute approximate surface area is 129 Å². The van der Waals surface area contributed by atoms with Gasteiger partial charge in [-0.15, -0.1) is 0 Å². The summed E-state index contributed by atoms with van der Waals surface area (Å²) in [5, 5.41) is 9.54. The highest BCUT2D eigenvalue weighted by Crippen LogP contribution is 2.32. The lowest BCUT2D eigenvalue weighted by molar-refractivity contribution is -0.138. The Hall–Kier alpha value is -2.49. The molecule has 0 spiro atoms. The molecule has 1 N–H and O–H groups in total. The van der Waals surface area contributed by atoms with Crippen molar-refractivity contribution in [1.29, 1.82) is 0 Å². The van der Waals surface area contributed by atoms with E-state index in [1.807, 2.05) is 49.4 Å². The Morgan fingerprint density at radius 3 is 2.45 bits per heavy atom. The third kappa shape index (κ3) is 3.06. The van der Waals surface area contributed by atoms with Gasteiger partial charge in [0.2, 0.25) is 0 Å². The Bertz CT molecular complexity index is 676. The van der Waals surface area contributed by atoms with Crippen molar-refractivity contribution in [2.24, 2.45) is 0 Å². The van der Waals surface area contributed by atoms with Crippen LogP contribution in [0.4, 0.5) is 0 Å². The third-order valence-electron chi connectivity index (χ3n) is 3.82. The molecule has 2 aromatic carbocycles. The van der Waals surface area contributed by atoms with Crippen molar-refractivity contribution < 1.29 is 19.4 Å². The van der Waals surface area contributed by atoms with E-state index in [2.05, 4.69) is 0 Å². The summed E-state index contributed by atoms with van der Waals surface area (Å²) in [6.07, 6.45) is 0.426. The number of carboxylic acid groups (broad SMARTS) is 1. The fourth-order valence-corrected chi connectivity index (χ4v) is 2.60. The number of fused-ring (bicyclic) bond motifs is 1. The monoisotopic (exact) mass is 298 g/mol. The van der Waals surface area contributed by atoms with E-state index >= 15 is 0 Å². The van der Waals surface area contributed by atoms with E-state index in [1.54, 1.807) is 0 Å². The predicted octanol–water partition coefficient (Wildman–Crippen LogP) is 3.18. The lowest BCUT2D eigenvalue weighted by Crippen LogP contribution is -2.17. The summed E-state index contributed by atoms with van der Waals surface area (Å²) >= 11 is 0. The van der Waals surface area contributed by atoms with E-state index in [0.29, 0.717) is 25.4 Å². The van der Waals surface area contributed by atoms with Gasteiger partial charge in [0.15, 0.2) is 11.5 Å². The first kappa shape index (κ1) is 14.4. The molecule has 0 amide bonds. The number of rotatable bonds is 4. The molecular weight excluding hydrogens is 280 g/mol. The molecule has 4 heteroatoms. The van der Waals surface area contributed by atoms with Crippen LogP contribution in [0.25, 0.3) is 0 Å². The summed E-state index contributed by atoms with van der Waals surface area (Å²) < 4.78 is 11.0. The van der Waals surface area contributed by atoms with Gasteiger partial charge in [0.1, 0.15) is 13.2 Å². The number of aryl methyl sites for hydroxylation is 1. The second-order valence-corrected chi connectivity index (χ2v) is 5.48. The maximum atomic E-state index is 11.6. The van der Waals surface area contributed by atoms with Gasteiger partial charge in [-0.2, -0.15) is 0 Å². The summed E-state index contributed by atoms with van der Waals surface area (Å²) in [5.41, 5.74) is 2.86. The van der Waals surface area contributed by atoms with Crippen LogP contribution in [0.15, 0.2) is 42.5 Å². The van der Waals surface area contributed by atoms with Crippen LogP contribution in [-0.2, 0) is 11.2 Å². The number of carbonyl (C=O) groups is 1. The highest BCUT2D eigenvalue weighted by atomic mass is 16.6. The fraction of sp³-hybridized carbons (Fsp3) is 0.278. The van der Waals surface area contributed by atoms with E-state index in [-0.39, 0.29) is 0 Å². The minimum absolute atomic E-state index is 0.426. The molecular formula is C18H18O4. The third-order valence-corrected chi connectivity index (χ3v) is 3.82. The summed E-state index contributed by atoms with van der Waals surface area (Å²) in [5.74, 6) is 0.0240. The lowest BCUT2D eigenvalue weighted by Gasteiger charge is -2.20. The molecule has 22 heavy (non-hydrogen) atoms. The normalized spacial score (nSPS) is 14.4. The topological polar surface area (TPSA) is 55.8 Å². The van der Waals surface area contributed by atoms with Gasteiger partial charge >= 0.3 is 5.97 Å². The van der Waals surface area contributed by atoms with Crippen molar-refractivity contribution in [2.45, 2.75) is 19.3 Å². The van der Waals surface area contributed by atoms with E-state index < -0.39 is 11.9 Å². The Kier molecular flexibility index (Phi) is 4.00. The number of ether oxygens (including phenoxy) is 2. The van der Waals surface area contributed by atoms with Crippen LogP contribution in [0.2, 0.25) is 0 Å². The van der Waals surface area contributed by atoms with Crippen molar-refractivity contribution in [3.63, 3.8) is 0 Å². The molecule has 1 atom stereocenters. The molecule has 0 radical (unpaired) electrons. The zero-order valence-corrected chi connectivity index (χ0v) is 12.4. The van der Waals surface area contributed by atoms with Crippen molar-refractivity contribution >= 4 is 5.97 Å². The zero-order chi connectivity index (χ0) is 15.5. The Balaban J connectivity index is 1.85. The van der Waals surface area contributed by atoms with Crippen molar-refractivity contribution in [3.8, 4) is 11.5 Å². The number of hydrogen-bond donors (Lipinski definition) is 1. The highest BCUT2D eigenvalue weighted by molar-refractivity contribution is 5.76. The second kappa shape index (κ2) is 6.10. The number of benzene rings is 2. The molecule has 1 heterocycles. The number of carboxylic acids is 1. The van der Waals surface area contributed by atoms with Crippen molar-refractivity contribution in [2.75, 3.05) is 13.2 Å². The summed E-state index contributed by atoms with van der Waals surface area (Å²) in [6.45, 7) is 3.06. The molecule has 2 aromatic rings. The lowest BCUT2D eigenvalue weighted by atomic mass is 9.91. The molecule has 0 aliphatic carbocycles. The molecule has 4 nitrogen and oxygen atoms in total. The van der Waals surface area contributed by atoms with Crippen molar-refractivity contribution in [3.05, 3.63) is 59.2 Å². The van der Waals surface area contributed by atoms with Gasteiger partial charge in [-0.05, 0) is 36.6 Å². The quantitative estimate of drug-likeness (QED) is 0.942. The zero-order valence-electron chi connectivity index (χ0n) is 12.4. The SMILES string of the molecule is Cc1ccc(C(Cc2ccc3c(c2)OCCO3)C(=O)O)cc1. The van der Waals surface area contributed by atoms with Gasteiger partial charge in [-0.25, -0.2) is 0 Å². The minimum Gasteiger partial charge on any atom is -0.486 e. The summed E-state index contributed by atoms with van der Waals surface area (Å²) in [4.78, 5) is 11.6. The van der Waals surface area contributed by atoms with E-state index in [9.17, 15) is 9.90 Å². The molecule has 0 saturated heterocycles. The molecule has 0 fully saturated rings. The molecule has 1 unspecified atom stereocenters. The van der Waals surface area contributed by atoms with Crippen LogP contribution in [0.1, 0.15) is 22.6 Å². The van der Waals surface area contributed by atoms with Crippen LogP contribution in [0.3, 0.4) is 0 Å². The van der Waals surface area contributed by atoms with E-state index in [0.717, 1.165) is 22.4 Å². The van der Waals surface area contributed by atoms with Crippen LogP contribution in [0.5, 0.6) is 11.5 Å². The first-order chi connectivity index (χ1) is 10.6. The molecule has 0 bridgehead atoms. The van der Waals surface area contributed by atoms with Crippen LogP contribution >= 0.6 is 0 Å². The first-order valence-corrected chi connectivity index (χ1v) is 7.31. The van der Waals surface area contributed by atoms with Crippen LogP contribution in [-0.4, -0.2) is 24.3 Å². The molecule has 0 aromatic heterocycles. The molecule has 1 aliphatic heterocycles. The van der Waals surface area contributed by atoms with Crippen molar-refractivity contribution in [1.82, 2.24) is 0 Å². The second-order valence-electron chi connectivity index (χ2n) is 5.48. The van der Waals surface area contributed by atoms with Gasteiger partial charge in [0, 0.05) is 0 Å². The highest BCUT2D eigenvalue weighted by Gasteiger charge is 2.21. The molecule has 3 rings (SSSR count). The van der Waals surface area contributed by atoms with Gasteiger partial charge in [0.25, 0.3) is 0 Å². The largest absolute Gasteiger partial charge is 0.486 e.